The van der Waals surface area contributed by atoms with Gasteiger partial charge in [0.1, 0.15) is 17.1 Å². The molecule has 0 radical (unpaired) electrons. The van der Waals surface area contributed by atoms with E-state index in [4.69, 9.17) is 0 Å². The fourth-order valence-electron chi connectivity index (χ4n) is 2.49. The van der Waals surface area contributed by atoms with E-state index in [2.05, 4.69) is 5.32 Å². The lowest BCUT2D eigenvalue weighted by Crippen LogP contribution is -2.42. The third-order valence-corrected chi connectivity index (χ3v) is 3.43. The molecule has 19 heavy (non-hydrogen) atoms. The molecular weight excluding hydrogens is 244 g/mol. The van der Waals surface area contributed by atoms with Crippen molar-refractivity contribution in [1.29, 1.82) is 0 Å². The molecule has 5 heteroatoms. The maximum atomic E-state index is 12.5. The maximum absolute atomic E-state index is 12.5. The van der Waals surface area contributed by atoms with Crippen molar-refractivity contribution in [3.05, 3.63) is 23.8 Å². The van der Waals surface area contributed by atoms with E-state index in [1.165, 1.54) is 18.2 Å². The molecule has 3 N–H and O–H groups in total. The molecule has 0 aromatic heterocycles. The molecule has 5 nitrogen and oxygen atoms in total. The summed E-state index contributed by atoms with van der Waals surface area (Å²) in [4.78, 5) is 14.3. The first-order valence-corrected chi connectivity index (χ1v) is 6.67. The Morgan fingerprint density at radius 1 is 1.42 bits per heavy atom. The van der Waals surface area contributed by atoms with Crippen LogP contribution in [-0.2, 0) is 0 Å². The van der Waals surface area contributed by atoms with Gasteiger partial charge in [0, 0.05) is 19.1 Å². The molecule has 1 fully saturated rings. The second kappa shape index (κ2) is 5.93. The highest BCUT2D eigenvalue weighted by Gasteiger charge is 2.29. The molecule has 0 saturated carbocycles. The number of phenols is 2. The van der Waals surface area contributed by atoms with Crippen LogP contribution in [0.5, 0.6) is 11.5 Å². The number of nitrogens with one attached hydrogen (secondary N) is 1. The number of amides is 1. The Kier molecular flexibility index (Phi) is 4.27. The van der Waals surface area contributed by atoms with Gasteiger partial charge in [0.25, 0.3) is 5.91 Å². The number of carbonyl (C=O) groups is 1. The summed E-state index contributed by atoms with van der Waals surface area (Å²) < 4.78 is 0. The second-order valence-corrected chi connectivity index (χ2v) is 4.82. The van der Waals surface area contributed by atoms with Gasteiger partial charge < -0.3 is 20.4 Å². The number of carbonyl (C=O) groups excluding carboxylic acids is 1. The first kappa shape index (κ1) is 13.7. The minimum Gasteiger partial charge on any atom is -0.507 e. The molecule has 1 aromatic rings. The molecule has 2 rings (SSSR count). The average Bonchev–Trinajstić information content (AvgIpc) is 2.89. The summed E-state index contributed by atoms with van der Waals surface area (Å²) in [7, 11) is 0. The molecular formula is C14H20N2O3. The number of phenolic OH excluding ortho intramolecular Hbond substituents is 2. The minimum atomic E-state index is -0.300. The molecule has 1 aromatic carbocycles. The Balaban J connectivity index is 2.28. The first-order valence-electron chi connectivity index (χ1n) is 6.67. The van der Waals surface area contributed by atoms with Gasteiger partial charge in [-0.25, -0.2) is 0 Å². The minimum absolute atomic E-state index is 0.00264. The van der Waals surface area contributed by atoms with Crippen molar-refractivity contribution < 1.29 is 15.0 Å². The zero-order chi connectivity index (χ0) is 13.8. The van der Waals surface area contributed by atoms with Crippen LogP contribution in [0.1, 0.15) is 30.1 Å². The molecule has 1 aliphatic rings. The van der Waals surface area contributed by atoms with Gasteiger partial charge in [0.2, 0.25) is 0 Å². The Bertz CT molecular complexity index is 436. The standard InChI is InChI=1S/C14H20N2O3/c1-2-8-16(10-6-7-15-9-10)14(19)13-11(17)4-3-5-12(13)18/h3-5,10,15,17-18H,2,6-9H2,1H3. The molecule has 1 aliphatic heterocycles. The Labute approximate surface area is 112 Å². The van der Waals surface area contributed by atoms with Gasteiger partial charge in [-0.05, 0) is 31.5 Å². The molecule has 0 aliphatic carbocycles. The van der Waals surface area contributed by atoms with Crippen molar-refractivity contribution >= 4 is 5.91 Å². The van der Waals surface area contributed by atoms with Crippen molar-refractivity contribution in [2.45, 2.75) is 25.8 Å². The van der Waals surface area contributed by atoms with Crippen LogP contribution in [0.2, 0.25) is 0 Å². The van der Waals surface area contributed by atoms with Crippen LogP contribution >= 0.6 is 0 Å². The molecule has 1 atom stereocenters. The van der Waals surface area contributed by atoms with Crippen LogP contribution in [-0.4, -0.2) is 46.7 Å². The quantitative estimate of drug-likeness (QED) is 0.766. The van der Waals surface area contributed by atoms with Crippen molar-refractivity contribution in [3.63, 3.8) is 0 Å². The van der Waals surface area contributed by atoms with Crippen molar-refractivity contribution in [2.24, 2.45) is 0 Å². The van der Waals surface area contributed by atoms with E-state index in [1.54, 1.807) is 4.90 Å². The highest BCUT2D eigenvalue weighted by Crippen LogP contribution is 2.29. The molecule has 104 valence electrons. The largest absolute Gasteiger partial charge is 0.507 e. The fraction of sp³-hybridized carbons (Fsp3) is 0.500. The lowest BCUT2D eigenvalue weighted by Gasteiger charge is -2.28. The highest BCUT2D eigenvalue weighted by molar-refractivity contribution is 5.99. The van der Waals surface area contributed by atoms with Crippen molar-refractivity contribution in [3.8, 4) is 11.5 Å². The number of benzene rings is 1. The van der Waals surface area contributed by atoms with Crippen LogP contribution in [0.3, 0.4) is 0 Å². The second-order valence-electron chi connectivity index (χ2n) is 4.82. The summed E-state index contributed by atoms with van der Waals surface area (Å²) in [6, 6.07) is 4.49. The smallest absolute Gasteiger partial charge is 0.261 e. The van der Waals surface area contributed by atoms with Crippen molar-refractivity contribution in [1.82, 2.24) is 10.2 Å². The third kappa shape index (κ3) is 2.81. The van der Waals surface area contributed by atoms with Gasteiger partial charge in [-0.15, -0.1) is 0 Å². The molecule has 1 heterocycles. The average molecular weight is 264 g/mol. The van der Waals surface area contributed by atoms with E-state index in [-0.39, 0.29) is 29.0 Å². The number of hydrogen-bond acceptors (Lipinski definition) is 4. The van der Waals surface area contributed by atoms with Crippen LogP contribution in [0.15, 0.2) is 18.2 Å². The van der Waals surface area contributed by atoms with Crippen LogP contribution < -0.4 is 5.32 Å². The molecule has 1 saturated heterocycles. The van der Waals surface area contributed by atoms with E-state index in [0.29, 0.717) is 6.54 Å². The predicted molar refractivity (Wildman–Crippen MR) is 72.4 cm³/mol. The summed E-state index contributed by atoms with van der Waals surface area (Å²) in [5.41, 5.74) is 0.00264. The lowest BCUT2D eigenvalue weighted by atomic mass is 10.1. The van der Waals surface area contributed by atoms with Crippen LogP contribution in [0, 0.1) is 0 Å². The predicted octanol–water partition coefficient (Wildman–Crippen LogP) is 1.31. The molecule has 1 unspecified atom stereocenters. The molecule has 1 amide bonds. The number of hydrogen-bond donors (Lipinski definition) is 3. The number of rotatable bonds is 4. The number of nitrogens with zero attached hydrogens (tertiary/aromatic N) is 1. The summed E-state index contributed by atoms with van der Waals surface area (Å²) in [6.07, 6.45) is 1.75. The Morgan fingerprint density at radius 2 is 2.11 bits per heavy atom. The van der Waals surface area contributed by atoms with E-state index >= 15 is 0 Å². The highest BCUT2D eigenvalue weighted by atomic mass is 16.3. The molecule has 0 spiro atoms. The van der Waals surface area contributed by atoms with Crippen LogP contribution in [0.4, 0.5) is 0 Å². The summed E-state index contributed by atoms with van der Waals surface area (Å²) in [5, 5.41) is 22.8. The van der Waals surface area contributed by atoms with E-state index < -0.39 is 0 Å². The lowest BCUT2D eigenvalue weighted by molar-refractivity contribution is 0.0686. The van der Waals surface area contributed by atoms with Gasteiger partial charge in [0.15, 0.2) is 0 Å². The van der Waals surface area contributed by atoms with Crippen LogP contribution in [0.25, 0.3) is 0 Å². The maximum Gasteiger partial charge on any atom is 0.261 e. The first-order chi connectivity index (χ1) is 9.15. The van der Waals surface area contributed by atoms with Gasteiger partial charge in [-0.2, -0.15) is 0 Å². The van der Waals surface area contributed by atoms with Gasteiger partial charge in [0.05, 0.1) is 0 Å². The van der Waals surface area contributed by atoms with Gasteiger partial charge in [-0.3, -0.25) is 4.79 Å². The SMILES string of the molecule is CCCN(C(=O)c1c(O)cccc1O)C1CCNC1. The van der Waals surface area contributed by atoms with Gasteiger partial charge >= 0.3 is 0 Å². The van der Waals surface area contributed by atoms with E-state index in [0.717, 1.165) is 25.9 Å². The summed E-state index contributed by atoms with van der Waals surface area (Å²) in [5.74, 6) is -0.639. The normalized spacial score (nSPS) is 18.5. The van der Waals surface area contributed by atoms with E-state index in [1.807, 2.05) is 6.92 Å². The number of aromatic hydroxyl groups is 2. The van der Waals surface area contributed by atoms with E-state index in [9.17, 15) is 15.0 Å². The monoisotopic (exact) mass is 264 g/mol. The Morgan fingerprint density at radius 3 is 2.63 bits per heavy atom. The Hall–Kier alpha value is -1.75. The fourth-order valence-corrected chi connectivity index (χ4v) is 2.49. The van der Waals surface area contributed by atoms with Gasteiger partial charge in [-0.1, -0.05) is 13.0 Å². The summed E-state index contributed by atoms with van der Waals surface area (Å²) in [6.45, 7) is 4.29. The summed E-state index contributed by atoms with van der Waals surface area (Å²) >= 11 is 0. The third-order valence-electron chi connectivity index (χ3n) is 3.43. The molecule has 0 bridgehead atoms. The topological polar surface area (TPSA) is 72.8 Å². The zero-order valence-corrected chi connectivity index (χ0v) is 11.1. The zero-order valence-electron chi connectivity index (χ0n) is 11.1. The van der Waals surface area contributed by atoms with Crippen molar-refractivity contribution in [2.75, 3.05) is 19.6 Å².